The van der Waals surface area contributed by atoms with Crippen LogP contribution in [0.3, 0.4) is 0 Å². The fraction of sp³-hybridized carbons (Fsp3) is 0.105. The lowest BCUT2D eigenvalue weighted by atomic mass is 10.0. The van der Waals surface area contributed by atoms with E-state index >= 15 is 0 Å². The Hall–Kier alpha value is -3.41. The van der Waals surface area contributed by atoms with Crippen molar-refractivity contribution in [3.05, 3.63) is 70.6 Å². The SMILES string of the molecule is CC(C(=O)O)c1ccc(-n2nc3c4ccccc4[nH]cc-3c2=O)cc1. The predicted octanol–water partition coefficient (Wildman–Crippen LogP) is 3.01. The summed E-state index contributed by atoms with van der Waals surface area (Å²) in [6, 6.07) is 14.5. The predicted molar refractivity (Wildman–Crippen MR) is 94.4 cm³/mol. The summed E-state index contributed by atoms with van der Waals surface area (Å²) in [5.41, 5.74) is 3.14. The lowest BCUT2D eigenvalue weighted by Gasteiger charge is -2.07. The molecule has 0 fully saturated rings. The number of hydrogen-bond donors (Lipinski definition) is 2. The molecule has 2 N–H and O–H groups in total. The van der Waals surface area contributed by atoms with Crippen molar-refractivity contribution in [3.63, 3.8) is 0 Å². The Morgan fingerprint density at radius 3 is 2.60 bits per heavy atom. The van der Waals surface area contributed by atoms with Crippen LogP contribution in [-0.2, 0) is 4.79 Å². The molecule has 6 nitrogen and oxygen atoms in total. The van der Waals surface area contributed by atoms with E-state index < -0.39 is 11.9 Å². The summed E-state index contributed by atoms with van der Waals surface area (Å²) in [7, 11) is 0. The molecule has 0 aromatic heterocycles. The minimum Gasteiger partial charge on any atom is -0.481 e. The largest absolute Gasteiger partial charge is 0.481 e. The van der Waals surface area contributed by atoms with E-state index in [0.717, 1.165) is 10.9 Å². The van der Waals surface area contributed by atoms with Crippen molar-refractivity contribution >= 4 is 16.9 Å². The van der Waals surface area contributed by atoms with Gasteiger partial charge >= 0.3 is 5.97 Å². The summed E-state index contributed by atoms with van der Waals surface area (Å²) in [5, 5.41) is 14.5. The van der Waals surface area contributed by atoms with Gasteiger partial charge in [-0.15, -0.1) is 0 Å². The fourth-order valence-electron chi connectivity index (χ4n) is 2.93. The molecule has 25 heavy (non-hydrogen) atoms. The lowest BCUT2D eigenvalue weighted by Crippen LogP contribution is -2.15. The Labute approximate surface area is 142 Å². The Morgan fingerprint density at radius 1 is 1.16 bits per heavy atom. The third-order valence-electron chi connectivity index (χ3n) is 4.44. The van der Waals surface area contributed by atoms with Crippen LogP contribution in [0.5, 0.6) is 0 Å². The van der Waals surface area contributed by atoms with Gasteiger partial charge in [0.15, 0.2) is 0 Å². The van der Waals surface area contributed by atoms with Crippen LogP contribution in [0.2, 0.25) is 0 Å². The highest BCUT2D eigenvalue weighted by molar-refractivity contribution is 5.93. The first-order valence-electron chi connectivity index (χ1n) is 7.88. The number of aromatic nitrogens is 3. The number of H-pyrrole nitrogens is 1. The number of carboxylic acids is 1. The second-order valence-corrected chi connectivity index (χ2v) is 5.96. The number of carboxylic acid groups (broad SMARTS) is 1. The first kappa shape index (κ1) is 15.1. The first-order chi connectivity index (χ1) is 12.1. The van der Waals surface area contributed by atoms with E-state index in [0.29, 0.717) is 22.5 Å². The van der Waals surface area contributed by atoms with E-state index in [2.05, 4.69) is 10.1 Å². The Bertz CT molecular complexity index is 1110. The molecule has 0 aliphatic carbocycles. The van der Waals surface area contributed by atoms with Crippen molar-refractivity contribution in [2.75, 3.05) is 0 Å². The van der Waals surface area contributed by atoms with Crippen LogP contribution < -0.4 is 5.56 Å². The Balaban J connectivity index is 1.86. The molecule has 1 unspecified atom stereocenters. The molecular formula is C19H15N3O3. The van der Waals surface area contributed by atoms with E-state index in [-0.39, 0.29) is 5.56 Å². The first-order valence-corrected chi connectivity index (χ1v) is 7.88. The van der Waals surface area contributed by atoms with E-state index in [1.54, 1.807) is 37.4 Å². The van der Waals surface area contributed by atoms with Crippen LogP contribution in [0.4, 0.5) is 0 Å². The van der Waals surface area contributed by atoms with Crippen molar-refractivity contribution in [2.24, 2.45) is 0 Å². The molecule has 0 saturated heterocycles. The molecule has 2 aromatic rings. The zero-order chi connectivity index (χ0) is 17.6. The lowest BCUT2D eigenvalue weighted by molar-refractivity contribution is -0.138. The molecular weight excluding hydrogens is 318 g/mol. The number of fused-ring (bicyclic) bond motifs is 3. The standard InChI is InChI=1S/C19H15N3O3/c1-11(19(24)25)12-6-8-13(9-7-12)22-18(23)15-10-20-16-5-3-2-4-14(16)17(15)21-22/h2-11,20H,1H3,(H,24,25). The third kappa shape index (κ3) is 2.39. The van der Waals surface area contributed by atoms with Gasteiger partial charge in [0.25, 0.3) is 5.56 Å². The van der Waals surface area contributed by atoms with Crippen LogP contribution >= 0.6 is 0 Å². The van der Waals surface area contributed by atoms with Gasteiger partial charge in [-0.25, -0.2) is 0 Å². The average molecular weight is 333 g/mol. The second-order valence-electron chi connectivity index (χ2n) is 5.96. The Morgan fingerprint density at radius 2 is 1.88 bits per heavy atom. The van der Waals surface area contributed by atoms with Gasteiger partial charge in [-0.05, 0) is 30.7 Å². The number of carbonyl (C=O) groups is 1. The van der Waals surface area contributed by atoms with Crippen LogP contribution in [0.25, 0.3) is 27.8 Å². The van der Waals surface area contributed by atoms with Gasteiger partial charge in [-0.2, -0.15) is 9.78 Å². The van der Waals surface area contributed by atoms with E-state index in [9.17, 15) is 9.59 Å². The van der Waals surface area contributed by atoms with Gasteiger partial charge in [0, 0.05) is 17.1 Å². The van der Waals surface area contributed by atoms with Crippen LogP contribution in [0, 0.1) is 0 Å². The summed E-state index contributed by atoms with van der Waals surface area (Å²) < 4.78 is 1.35. The maximum atomic E-state index is 12.7. The second kappa shape index (κ2) is 5.59. The molecule has 2 aliphatic rings. The summed E-state index contributed by atoms with van der Waals surface area (Å²) in [6.07, 6.45) is 1.67. The minimum atomic E-state index is -0.885. The number of nitrogens with zero attached hydrogens (tertiary/aromatic N) is 2. The highest BCUT2D eigenvalue weighted by atomic mass is 16.4. The summed E-state index contributed by atoms with van der Waals surface area (Å²) >= 11 is 0. The topological polar surface area (TPSA) is 88.0 Å². The van der Waals surface area contributed by atoms with Gasteiger partial charge in [0.1, 0.15) is 5.69 Å². The van der Waals surface area contributed by atoms with Gasteiger partial charge in [0.2, 0.25) is 0 Å². The van der Waals surface area contributed by atoms with Gasteiger partial charge < -0.3 is 10.1 Å². The van der Waals surface area contributed by atoms with Crippen molar-refractivity contribution in [3.8, 4) is 16.9 Å². The average Bonchev–Trinajstić information content (AvgIpc) is 2.98. The smallest absolute Gasteiger partial charge is 0.310 e. The van der Waals surface area contributed by atoms with E-state index in [1.807, 2.05) is 24.3 Å². The molecule has 124 valence electrons. The highest BCUT2D eigenvalue weighted by Gasteiger charge is 2.19. The minimum absolute atomic E-state index is 0.212. The van der Waals surface area contributed by atoms with Gasteiger partial charge in [-0.1, -0.05) is 30.3 Å². The zero-order valence-corrected chi connectivity index (χ0v) is 13.4. The number of pyridine rings is 1. The molecule has 2 heterocycles. The van der Waals surface area contributed by atoms with Crippen LogP contribution in [-0.4, -0.2) is 25.8 Å². The Kier molecular flexibility index (Phi) is 3.39. The molecule has 0 spiro atoms. The number of para-hydroxylation sites is 1. The van der Waals surface area contributed by atoms with Gasteiger partial charge in [-0.3, -0.25) is 9.59 Å². The maximum Gasteiger partial charge on any atom is 0.310 e. The number of aromatic amines is 1. The van der Waals surface area contributed by atoms with Crippen molar-refractivity contribution < 1.29 is 9.90 Å². The maximum absolute atomic E-state index is 12.7. The third-order valence-corrected chi connectivity index (χ3v) is 4.44. The molecule has 4 rings (SSSR count). The van der Waals surface area contributed by atoms with Crippen molar-refractivity contribution in [1.29, 1.82) is 0 Å². The normalized spacial score (nSPS) is 12.5. The molecule has 2 aliphatic heterocycles. The fourth-order valence-corrected chi connectivity index (χ4v) is 2.93. The van der Waals surface area contributed by atoms with Gasteiger partial charge in [0.05, 0.1) is 17.2 Å². The van der Waals surface area contributed by atoms with Crippen LogP contribution in [0.15, 0.2) is 59.5 Å². The number of hydrogen-bond acceptors (Lipinski definition) is 3. The zero-order valence-electron chi connectivity index (χ0n) is 13.4. The number of rotatable bonds is 3. The number of nitrogens with one attached hydrogen (secondary N) is 1. The quantitative estimate of drug-likeness (QED) is 0.603. The summed E-state index contributed by atoms with van der Waals surface area (Å²) in [6.45, 7) is 1.63. The molecule has 0 amide bonds. The molecule has 0 radical (unpaired) electrons. The summed E-state index contributed by atoms with van der Waals surface area (Å²) in [4.78, 5) is 26.9. The molecule has 6 heteroatoms. The molecule has 1 atom stereocenters. The molecule has 2 aromatic carbocycles. The van der Waals surface area contributed by atoms with Crippen LogP contribution in [0.1, 0.15) is 18.4 Å². The molecule has 0 saturated carbocycles. The molecule has 0 bridgehead atoms. The summed E-state index contributed by atoms with van der Waals surface area (Å²) in [5.74, 6) is -1.49. The van der Waals surface area contributed by atoms with Crippen molar-refractivity contribution in [1.82, 2.24) is 14.8 Å². The van der Waals surface area contributed by atoms with E-state index in [1.165, 1.54) is 4.68 Å². The number of benzene rings is 2. The van der Waals surface area contributed by atoms with Crippen molar-refractivity contribution in [2.45, 2.75) is 12.8 Å². The number of aliphatic carboxylic acids is 1. The monoisotopic (exact) mass is 333 g/mol. The van der Waals surface area contributed by atoms with E-state index in [4.69, 9.17) is 5.11 Å². The highest BCUT2D eigenvalue weighted by Crippen LogP contribution is 2.26.